The van der Waals surface area contributed by atoms with Gasteiger partial charge in [-0.25, -0.2) is 13.2 Å². The van der Waals surface area contributed by atoms with Crippen molar-refractivity contribution in [1.29, 1.82) is 0 Å². The summed E-state index contributed by atoms with van der Waals surface area (Å²) in [4.78, 5) is 10.4. The number of amides is 2. The third kappa shape index (κ3) is 6.03. The number of sulfonamides is 1. The van der Waals surface area contributed by atoms with Crippen molar-refractivity contribution in [3.8, 4) is 0 Å². The smallest absolute Gasteiger partial charge is 0.322 e. The number of primary amides is 1. The van der Waals surface area contributed by atoms with Crippen molar-refractivity contribution in [1.82, 2.24) is 4.72 Å². The lowest BCUT2D eigenvalue weighted by Gasteiger charge is -2.05. The fourth-order valence-corrected chi connectivity index (χ4v) is 2.21. The molecule has 0 aromatic heterocycles. The third-order valence-electron chi connectivity index (χ3n) is 1.67. The first-order valence-corrected chi connectivity index (χ1v) is 7.48. The van der Waals surface area contributed by atoms with Crippen LogP contribution in [0.25, 0.3) is 0 Å². The summed E-state index contributed by atoms with van der Waals surface area (Å²) in [6.07, 6.45) is 1.09. The summed E-state index contributed by atoms with van der Waals surface area (Å²) < 4.78 is 26.7. The zero-order valence-corrected chi connectivity index (χ0v) is 10.8. The Morgan fingerprint density at radius 2 is 1.94 bits per heavy atom. The minimum absolute atomic E-state index is 0.504. The van der Waals surface area contributed by atoms with E-state index in [9.17, 15) is 13.2 Å². The molecule has 1 rings (SSSR count). The molecule has 0 aliphatic rings. The molecule has 1 aromatic rings. The lowest BCUT2D eigenvalue weighted by Crippen LogP contribution is -2.22. The van der Waals surface area contributed by atoms with Crippen molar-refractivity contribution in [3.05, 3.63) is 29.8 Å². The number of nitrogens with two attached hydrogens (primary N) is 1. The van der Waals surface area contributed by atoms with E-state index in [1.807, 2.05) is 0 Å². The first-order chi connectivity index (χ1) is 7.87. The number of carbonyl (C=O) groups is 1. The monoisotopic (exact) mass is 275 g/mol. The molecule has 0 saturated heterocycles. The third-order valence-corrected chi connectivity index (χ3v) is 3.10. The van der Waals surface area contributed by atoms with Crippen LogP contribution in [-0.4, -0.2) is 20.7 Å². The largest absolute Gasteiger partial charge is 0.351 e. The number of hydrogen-bond donors (Lipinski definition) is 3. The Hall–Kier alpha value is -1.41. The van der Waals surface area contributed by atoms with Crippen molar-refractivity contribution in [3.63, 3.8) is 0 Å². The molecule has 94 valence electrons. The number of anilines is 1. The van der Waals surface area contributed by atoms with E-state index >= 15 is 0 Å². The van der Waals surface area contributed by atoms with Crippen LogP contribution in [0, 0.1) is 0 Å². The summed E-state index contributed by atoms with van der Waals surface area (Å²) in [6, 6.07) is 6.25. The average molecular weight is 275 g/mol. The van der Waals surface area contributed by atoms with Gasteiger partial charge in [-0.1, -0.05) is 12.1 Å². The Morgan fingerprint density at radius 3 is 2.41 bits per heavy atom. The van der Waals surface area contributed by atoms with E-state index in [0.717, 1.165) is 11.8 Å². The summed E-state index contributed by atoms with van der Waals surface area (Å²) in [5.41, 5.74) is 6.35. The zero-order chi connectivity index (χ0) is 12.9. The van der Waals surface area contributed by atoms with Gasteiger partial charge in [0.15, 0.2) is 0 Å². The highest BCUT2D eigenvalue weighted by atomic mass is 32.2. The van der Waals surface area contributed by atoms with Gasteiger partial charge >= 0.3 is 6.03 Å². The molecule has 17 heavy (non-hydrogen) atoms. The lowest BCUT2D eigenvalue weighted by molar-refractivity contribution is 0.254. The van der Waals surface area contributed by atoms with Crippen LogP contribution in [0.5, 0.6) is 0 Å². The highest BCUT2D eigenvalue weighted by Crippen LogP contribution is 2.14. The molecule has 6 nitrogen and oxygen atoms in total. The molecule has 2 amide bonds. The van der Waals surface area contributed by atoms with E-state index in [0.29, 0.717) is 11.4 Å². The van der Waals surface area contributed by atoms with E-state index in [-0.39, 0.29) is 0 Å². The SMILES string of the molecule is CS(=O)(=O)Nc1ccc(CSNC(N)=O)cc1. The van der Waals surface area contributed by atoms with Gasteiger partial charge in [0.1, 0.15) is 0 Å². The minimum Gasteiger partial charge on any atom is -0.351 e. The van der Waals surface area contributed by atoms with Gasteiger partial charge in [0, 0.05) is 11.4 Å². The topological polar surface area (TPSA) is 101 Å². The summed E-state index contributed by atoms with van der Waals surface area (Å²) in [5, 5.41) is 0. The zero-order valence-electron chi connectivity index (χ0n) is 9.14. The van der Waals surface area contributed by atoms with E-state index < -0.39 is 16.1 Å². The van der Waals surface area contributed by atoms with Crippen LogP contribution < -0.4 is 15.2 Å². The second-order valence-corrected chi connectivity index (χ2v) is 5.86. The van der Waals surface area contributed by atoms with Crippen LogP contribution >= 0.6 is 11.9 Å². The molecule has 8 heteroatoms. The molecule has 0 atom stereocenters. The molecule has 0 bridgehead atoms. The second kappa shape index (κ2) is 5.78. The average Bonchev–Trinajstić information content (AvgIpc) is 2.18. The highest BCUT2D eigenvalue weighted by molar-refractivity contribution is 7.97. The van der Waals surface area contributed by atoms with Crippen LogP contribution in [0.1, 0.15) is 5.56 Å². The quantitative estimate of drug-likeness (QED) is 0.694. The van der Waals surface area contributed by atoms with Crippen molar-refractivity contribution >= 4 is 33.7 Å². The Labute approximate surface area is 104 Å². The van der Waals surface area contributed by atoms with Crippen molar-refractivity contribution in [2.75, 3.05) is 11.0 Å². The van der Waals surface area contributed by atoms with Crippen LogP contribution in [-0.2, 0) is 15.8 Å². The van der Waals surface area contributed by atoms with Gasteiger partial charge in [-0.05, 0) is 29.6 Å². The molecule has 0 aliphatic carbocycles. The fraction of sp³-hybridized carbons (Fsp3) is 0.222. The highest BCUT2D eigenvalue weighted by Gasteiger charge is 2.01. The summed E-state index contributed by atoms with van der Waals surface area (Å²) in [7, 11) is -3.25. The maximum Gasteiger partial charge on any atom is 0.322 e. The van der Waals surface area contributed by atoms with Gasteiger partial charge in [0.25, 0.3) is 0 Å². The molecule has 4 N–H and O–H groups in total. The van der Waals surface area contributed by atoms with E-state index in [1.165, 1.54) is 11.9 Å². The maximum atomic E-state index is 11.0. The number of urea groups is 1. The van der Waals surface area contributed by atoms with Crippen molar-refractivity contribution < 1.29 is 13.2 Å². The Morgan fingerprint density at radius 1 is 1.35 bits per heavy atom. The molecule has 0 saturated carbocycles. The minimum atomic E-state index is -3.25. The molecular weight excluding hydrogens is 262 g/mol. The molecule has 0 radical (unpaired) electrons. The van der Waals surface area contributed by atoms with Crippen LogP contribution in [0.4, 0.5) is 10.5 Å². The Balaban J connectivity index is 2.53. The van der Waals surface area contributed by atoms with Gasteiger partial charge < -0.3 is 5.73 Å². The molecular formula is C9H13N3O3S2. The Bertz CT molecular complexity index is 485. The predicted octanol–water partition coefficient (Wildman–Crippen LogP) is 0.875. The van der Waals surface area contributed by atoms with Gasteiger partial charge in [0.2, 0.25) is 10.0 Å². The Kier molecular flexibility index (Phi) is 4.64. The predicted molar refractivity (Wildman–Crippen MR) is 68.9 cm³/mol. The van der Waals surface area contributed by atoms with E-state index in [4.69, 9.17) is 5.73 Å². The van der Waals surface area contributed by atoms with Crippen molar-refractivity contribution in [2.24, 2.45) is 5.73 Å². The summed E-state index contributed by atoms with van der Waals surface area (Å²) in [5.74, 6) is 0.558. The van der Waals surface area contributed by atoms with Gasteiger partial charge in [-0.3, -0.25) is 9.44 Å². The standard InChI is InChI=1S/C9H13N3O3S2/c1-17(14,15)12-8-4-2-7(3-5-8)6-16-11-9(10)13/h2-5,12H,6H2,1H3,(H3,10,11,13). The van der Waals surface area contributed by atoms with E-state index in [2.05, 4.69) is 9.44 Å². The summed E-state index contributed by atoms with van der Waals surface area (Å²) >= 11 is 1.17. The molecule has 0 spiro atoms. The summed E-state index contributed by atoms with van der Waals surface area (Å²) in [6.45, 7) is 0. The molecule has 0 heterocycles. The normalized spacial score (nSPS) is 10.9. The molecule has 0 aliphatic heterocycles. The van der Waals surface area contributed by atoms with Crippen LogP contribution in [0.15, 0.2) is 24.3 Å². The van der Waals surface area contributed by atoms with Crippen molar-refractivity contribution in [2.45, 2.75) is 5.75 Å². The lowest BCUT2D eigenvalue weighted by atomic mass is 10.2. The van der Waals surface area contributed by atoms with Crippen LogP contribution in [0.2, 0.25) is 0 Å². The molecule has 1 aromatic carbocycles. The van der Waals surface area contributed by atoms with Crippen LogP contribution in [0.3, 0.4) is 0 Å². The number of hydrogen-bond acceptors (Lipinski definition) is 4. The first-order valence-electron chi connectivity index (χ1n) is 4.61. The number of carbonyl (C=O) groups excluding carboxylic acids is 1. The number of nitrogens with one attached hydrogen (secondary N) is 2. The van der Waals surface area contributed by atoms with E-state index in [1.54, 1.807) is 24.3 Å². The molecule has 0 unspecified atom stereocenters. The van der Waals surface area contributed by atoms with Gasteiger partial charge in [-0.2, -0.15) is 0 Å². The van der Waals surface area contributed by atoms with Gasteiger partial charge in [-0.15, -0.1) is 0 Å². The second-order valence-electron chi connectivity index (χ2n) is 3.33. The number of benzene rings is 1. The van der Waals surface area contributed by atoms with Gasteiger partial charge in [0.05, 0.1) is 6.26 Å². The maximum absolute atomic E-state index is 11.0. The number of rotatable bonds is 5. The first kappa shape index (κ1) is 13.7. The fourth-order valence-electron chi connectivity index (χ4n) is 1.07. The molecule has 0 fully saturated rings.